The van der Waals surface area contributed by atoms with E-state index in [1.165, 1.54) is 16.9 Å². The Kier molecular flexibility index (Phi) is 5.14. The molecule has 0 spiro atoms. The second-order valence-corrected chi connectivity index (χ2v) is 8.23. The third-order valence-corrected chi connectivity index (χ3v) is 6.33. The molecule has 5 nitrogen and oxygen atoms in total. The Hall–Kier alpha value is -2.21. The number of rotatable bonds is 3. The molecule has 2 heterocycles. The van der Waals surface area contributed by atoms with Gasteiger partial charge in [-0.2, -0.15) is 0 Å². The predicted octanol–water partition coefficient (Wildman–Crippen LogP) is 3.46. The Labute approximate surface area is 158 Å². The van der Waals surface area contributed by atoms with Gasteiger partial charge in [0.2, 0.25) is 5.91 Å². The number of likely N-dealkylation sites (tertiary alicyclic amines) is 1. The quantitative estimate of drug-likeness (QED) is 0.898. The number of benzene rings is 1. The van der Waals surface area contributed by atoms with Gasteiger partial charge in [-0.15, -0.1) is 11.3 Å². The van der Waals surface area contributed by atoms with Crippen molar-refractivity contribution in [3.8, 4) is 10.6 Å². The van der Waals surface area contributed by atoms with E-state index < -0.39 is 0 Å². The van der Waals surface area contributed by atoms with Gasteiger partial charge in [-0.05, 0) is 46.1 Å². The molecule has 0 unspecified atom stereocenters. The van der Waals surface area contributed by atoms with E-state index in [0.29, 0.717) is 11.4 Å². The number of primary amides is 1. The van der Waals surface area contributed by atoms with Crippen molar-refractivity contribution >= 4 is 23.2 Å². The average Bonchev–Trinajstić information content (AvgIpc) is 2.96. The van der Waals surface area contributed by atoms with Crippen molar-refractivity contribution in [2.45, 2.75) is 46.6 Å². The monoisotopic (exact) mass is 371 g/mol. The molecular formula is C20H25N3O2S. The summed E-state index contributed by atoms with van der Waals surface area (Å²) in [6.45, 7) is 8.41. The molecule has 138 valence electrons. The van der Waals surface area contributed by atoms with E-state index in [9.17, 15) is 9.59 Å². The first-order chi connectivity index (χ1) is 12.3. The number of nitrogens with two attached hydrogens (primary N) is 1. The summed E-state index contributed by atoms with van der Waals surface area (Å²) in [6, 6.07) is 6.34. The summed E-state index contributed by atoms with van der Waals surface area (Å²) in [6.07, 6.45) is 1.54. The third kappa shape index (κ3) is 3.51. The van der Waals surface area contributed by atoms with Crippen LogP contribution in [0.3, 0.4) is 0 Å². The van der Waals surface area contributed by atoms with Gasteiger partial charge in [0, 0.05) is 18.2 Å². The van der Waals surface area contributed by atoms with Crippen LogP contribution in [0.25, 0.3) is 10.6 Å². The van der Waals surface area contributed by atoms with Gasteiger partial charge >= 0.3 is 0 Å². The summed E-state index contributed by atoms with van der Waals surface area (Å²) in [7, 11) is 0. The van der Waals surface area contributed by atoms with Crippen molar-refractivity contribution in [1.29, 1.82) is 0 Å². The van der Waals surface area contributed by atoms with Gasteiger partial charge < -0.3 is 10.6 Å². The zero-order chi connectivity index (χ0) is 19.0. The number of aryl methyl sites for hydroxylation is 3. The van der Waals surface area contributed by atoms with Crippen LogP contribution in [0, 0.1) is 26.7 Å². The number of thiazole rings is 1. The van der Waals surface area contributed by atoms with Crippen LogP contribution in [0.1, 0.15) is 46.3 Å². The summed E-state index contributed by atoms with van der Waals surface area (Å²) < 4.78 is 0. The van der Waals surface area contributed by atoms with E-state index in [4.69, 9.17) is 5.73 Å². The second-order valence-electron chi connectivity index (χ2n) is 7.24. The zero-order valence-electron chi connectivity index (χ0n) is 15.7. The van der Waals surface area contributed by atoms with Crippen molar-refractivity contribution in [2.75, 3.05) is 6.54 Å². The highest BCUT2D eigenvalue weighted by Crippen LogP contribution is 2.33. The van der Waals surface area contributed by atoms with Crippen LogP contribution in [0.4, 0.5) is 0 Å². The lowest BCUT2D eigenvalue weighted by Crippen LogP contribution is -2.48. The lowest BCUT2D eigenvalue weighted by Gasteiger charge is -2.36. The number of nitrogens with zero attached hydrogens (tertiary/aromatic N) is 2. The van der Waals surface area contributed by atoms with Gasteiger partial charge in [0.05, 0.1) is 11.6 Å². The number of carbonyl (C=O) groups is 2. The fourth-order valence-corrected chi connectivity index (χ4v) is 4.63. The number of hydrogen-bond donors (Lipinski definition) is 1. The summed E-state index contributed by atoms with van der Waals surface area (Å²) in [5.74, 6) is -0.636. The minimum atomic E-state index is -0.327. The number of hydrogen-bond acceptors (Lipinski definition) is 4. The molecule has 1 aliphatic heterocycles. The molecule has 1 aromatic carbocycles. The lowest BCUT2D eigenvalue weighted by atomic mass is 9.93. The highest BCUT2D eigenvalue weighted by Gasteiger charge is 2.33. The molecule has 2 amide bonds. The van der Waals surface area contributed by atoms with Gasteiger partial charge in [0.15, 0.2) is 0 Å². The Balaban J connectivity index is 1.90. The first-order valence-electron chi connectivity index (χ1n) is 8.93. The molecule has 0 bridgehead atoms. The van der Waals surface area contributed by atoms with E-state index in [-0.39, 0.29) is 23.8 Å². The van der Waals surface area contributed by atoms with Gasteiger partial charge in [0.1, 0.15) is 9.88 Å². The van der Waals surface area contributed by atoms with E-state index in [0.717, 1.165) is 34.7 Å². The first kappa shape index (κ1) is 18.6. The molecule has 0 radical (unpaired) electrons. The van der Waals surface area contributed by atoms with E-state index in [2.05, 4.69) is 37.0 Å². The molecule has 2 atom stereocenters. The Morgan fingerprint density at radius 3 is 2.62 bits per heavy atom. The van der Waals surface area contributed by atoms with Crippen LogP contribution in [0.2, 0.25) is 0 Å². The van der Waals surface area contributed by atoms with E-state index >= 15 is 0 Å². The van der Waals surface area contributed by atoms with Crippen LogP contribution in [0.15, 0.2) is 18.2 Å². The van der Waals surface area contributed by atoms with Crippen molar-refractivity contribution in [1.82, 2.24) is 9.88 Å². The maximum Gasteiger partial charge on any atom is 0.266 e. The Morgan fingerprint density at radius 1 is 1.23 bits per heavy atom. The molecule has 2 aromatic rings. The van der Waals surface area contributed by atoms with Crippen molar-refractivity contribution in [2.24, 2.45) is 11.7 Å². The molecule has 3 rings (SSSR count). The Morgan fingerprint density at radius 2 is 1.96 bits per heavy atom. The molecule has 26 heavy (non-hydrogen) atoms. The fraction of sp³-hybridized carbons (Fsp3) is 0.450. The molecule has 2 N–H and O–H groups in total. The standard InChI is InChI=1S/C20H25N3O2S/c1-11-5-8-16(12(2)9-11)19-22-14(4)17(26-19)20(25)23-10-15(18(21)24)7-6-13(23)3/h5,8-9,13,15H,6-7,10H2,1-4H3,(H2,21,24)/t13-,15-/m1/s1. The van der Waals surface area contributed by atoms with Crippen LogP contribution in [0.5, 0.6) is 0 Å². The fourth-order valence-electron chi connectivity index (χ4n) is 3.52. The summed E-state index contributed by atoms with van der Waals surface area (Å²) in [5.41, 5.74) is 9.62. The van der Waals surface area contributed by atoms with E-state index in [1.807, 2.05) is 13.8 Å². The molecule has 1 aromatic heterocycles. The highest BCUT2D eigenvalue weighted by atomic mass is 32.1. The molecule has 0 aliphatic carbocycles. The number of amides is 2. The third-order valence-electron chi connectivity index (χ3n) is 5.15. The maximum absolute atomic E-state index is 13.1. The number of carbonyl (C=O) groups excluding carboxylic acids is 2. The zero-order valence-corrected chi connectivity index (χ0v) is 16.5. The molecule has 1 aliphatic rings. The molecular weight excluding hydrogens is 346 g/mol. The topological polar surface area (TPSA) is 76.3 Å². The smallest absolute Gasteiger partial charge is 0.266 e. The van der Waals surface area contributed by atoms with Crippen molar-refractivity contribution in [3.63, 3.8) is 0 Å². The molecule has 6 heteroatoms. The largest absolute Gasteiger partial charge is 0.369 e. The van der Waals surface area contributed by atoms with Crippen LogP contribution >= 0.6 is 11.3 Å². The van der Waals surface area contributed by atoms with Crippen LogP contribution in [-0.4, -0.2) is 34.3 Å². The van der Waals surface area contributed by atoms with Crippen molar-refractivity contribution < 1.29 is 9.59 Å². The SMILES string of the molecule is Cc1ccc(-c2nc(C)c(C(=O)N3C[C@H](C(N)=O)CC[C@H]3C)s2)c(C)c1. The number of aromatic nitrogens is 1. The Bertz CT molecular complexity index is 859. The van der Waals surface area contributed by atoms with Gasteiger partial charge in [-0.3, -0.25) is 9.59 Å². The second kappa shape index (κ2) is 7.19. The lowest BCUT2D eigenvalue weighted by molar-refractivity contribution is -0.123. The van der Waals surface area contributed by atoms with Crippen LogP contribution < -0.4 is 5.73 Å². The summed E-state index contributed by atoms with van der Waals surface area (Å²) in [4.78, 5) is 31.8. The summed E-state index contributed by atoms with van der Waals surface area (Å²) >= 11 is 1.43. The van der Waals surface area contributed by atoms with Gasteiger partial charge in [0.25, 0.3) is 5.91 Å². The normalized spacial score (nSPS) is 20.2. The molecule has 1 saturated heterocycles. The average molecular weight is 372 g/mol. The number of piperidine rings is 1. The van der Waals surface area contributed by atoms with Gasteiger partial charge in [-0.25, -0.2) is 4.98 Å². The highest BCUT2D eigenvalue weighted by molar-refractivity contribution is 7.17. The molecule has 1 fully saturated rings. The molecule has 0 saturated carbocycles. The minimum Gasteiger partial charge on any atom is -0.369 e. The predicted molar refractivity (Wildman–Crippen MR) is 104 cm³/mol. The van der Waals surface area contributed by atoms with E-state index in [1.54, 1.807) is 4.90 Å². The minimum absolute atomic E-state index is 0.0468. The maximum atomic E-state index is 13.1. The van der Waals surface area contributed by atoms with Gasteiger partial charge in [-0.1, -0.05) is 23.8 Å². The summed E-state index contributed by atoms with van der Waals surface area (Å²) in [5, 5.41) is 0.861. The first-order valence-corrected chi connectivity index (χ1v) is 9.75. The van der Waals surface area contributed by atoms with Crippen molar-refractivity contribution in [3.05, 3.63) is 39.9 Å². The van der Waals surface area contributed by atoms with Crippen LogP contribution in [-0.2, 0) is 4.79 Å².